The maximum atomic E-state index is 13.8. The summed E-state index contributed by atoms with van der Waals surface area (Å²) in [6.45, 7) is 0. The number of sulfone groups is 1. The summed E-state index contributed by atoms with van der Waals surface area (Å²) in [7, 11) is -3.45. The lowest BCUT2D eigenvalue weighted by Gasteiger charge is -1.98. The molecule has 7 heteroatoms. The van der Waals surface area contributed by atoms with Crippen molar-refractivity contribution >= 4 is 20.9 Å². The first-order chi connectivity index (χ1) is 9.86. The Morgan fingerprint density at radius 3 is 2.57 bits per heavy atom. The zero-order chi connectivity index (χ0) is 15.2. The minimum Gasteiger partial charge on any atom is -0.338 e. The topological polar surface area (TPSA) is 62.8 Å². The number of hydrogen-bond donors (Lipinski definition) is 1. The Kier molecular flexibility index (Phi) is 3.02. The van der Waals surface area contributed by atoms with Crippen molar-refractivity contribution in [1.82, 2.24) is 9.97 Å². The van der Waals surface area contributed by atoms with Gasteiger partial charge in [0.25, 0.3) is 0 Å². The van der Waals surface area contributed by atoms with Gasteiger partial charge in [0, 0.05) is 12.3 Å². The molecule has 0 aliphatic heterocycles. The third-order valence-electron chi connectivity index (χ3n) is 3.06. The van der Waals surface area contributed by atoms with Crippen molar-refractivity contribution in [2.75, 3.05) is 6.26 Å². The van der Waals surface area contributed by atoms with E-state index in [1.165, 1.54) is 12.1 Å². The summed E-state index contributed by atoms with van der Waals surface area (Å²) >= 11 is 0. The number of aromatic nitrogens is 2. The molecule has 0 unspecified atom stereocenters. The molecule has 21 heavy (non-hydrogen) atoms. The SMILES string of the molecule is CS(=O)(=O)c1cccc2[nH]c(-c3ccc(F)cc3F)nc12. The van der Waals surface area contributed by atoms with Crippen LogP contribution >= 0.6 is 0 Å². The Morgan fingerprint density at radius 2 is 1.90 bits per heavy atom. The molecule has 1 heterocycles. The predicted molar refractivity (Wildman–Crippen MR) is 74.6 cm³/mol. The fraction of sp³-hybridized carbons (Fsp3) is 0.0714. The molecule has 3 rings (SSSR count). The van der Waals surface area contributed by atoms with Gasteiger partial charge >= 0.3 is 0 Å². The molecule has 0 saturated heterocycles. The Hall–Kier alpha value is -2.28. The lowest BCUT2D eigenvalue weighted by molar-refractivity contribution is 0.585. The van der Waals surface area contributed by atoms with Gasteiger partial charge in [0.1, 0.15) is 23.0 Å². The zero-order valence-electron chi connectivity index (χ0n) is 10.9. The molecule has 1 aromatic heterocycles. The molecule has 0 aliphatic carbocycles. The van der Waals surface area contributed by atoms with E-state index in [0.717, 1.165) is 18.4 Å². The van der Waals surface area contributed by atoms with Crippen molar-refractivity contribution < 1.29 is 17.2 Å². The zero-order valence-corrected chi connectivity index (χ0v) is 11.7. The van der Waals surface area contributed by atoms with Gasteiger partial charge in [-0.15, -0.1) is 0 Å². The molecule has 0 bridgehead atoms. The van der Waals surface area contributed by atoms with E-state index < -0.39 is 21.5 Å². The van der Waals surface area contributed by atoms with E-state index in [9.17, 15) is 17.2 Å². The number of nitrogens with zero attached hydrogens (tertiary/aromatic N) is 1. The Morgan fingerprint density at radius 1 is 1.14 bits per heavy atom. The van der Waals surface area contributed by atoms with Gasteiger partial charge in [0.15, 0.2) is 9.84 Å². The first kappa shape index (κ1) is 13.7. The third kappa shape index (κ3) is 2.40. The Bertz CT molecular complexity index is 949. The van der Waals surface area contributed by atoms with E-state index in [2.05, 4.69) is 9.97 Å². The number of rotatable bonds is 2. The van der Waals surface area contributed by atoms with Gasteiger partial charge in [-0.25, -0.2) is 22.2 Å². The first-order valence-electron chi connectivity index (χ1n) is 6.00. The number of hydrogen-bond acceptors (Lipinski definition) is 3. The molecule has 1 N–H and O–H groups in total. The summed E-state index contributed by atoms with van der Waals surface area (Å²) < 4.78 is 50.2. The van der Waals surface area contributed by atoms with Crippen LogP contribution in [0, 0.1) is 11.6 Å². The number of nitrogens with one attached hydrogen (secondary N) is 1. The Labute approximate surface area is 119 Å². The summed E-state index contributed by atoms with van der Waals surface area (Å²) in [6.07, 6.45) is 1.08. The number of imidazole rings is 1. The molecule has 0 saturated carbocycles. The molecule has 0 atom stereocenters. The fourth-order valence-electron chi connectivity index (χ4n) is 2.11. The summed E-state index contributed by atoms with van der Waals surface area (Å²) in [6, 6.07) is 7.76. The number of para-hydroxylation sites is 1. The van der Waals surface area contributed by atoms with Crippen LogP contribution in [0.4, 0.5) is 8.78 Å². The van der Waals surface area contributed by atoms with E-state index >= 15 is 0 Å². The highest BCUT2D eigenvalue weighted by Crippen LogP contribution is 2.27. The number of H-pyrrole nitrogens is 1. The average molecular weight is 308 g/mol. The Balaban J connectivity index is 2.27. The average Bonchev–Trinajstić information content (AvgIpc) is 2.80. The smallest absolute Gasteiger partial charge is 0.177 e. The quantitative estimate of drug-likeness (QED) is 0.792. The highest BCUT2D eigenvalue weighted by molar-refractivity contribution is 7.91. The van der Waals surface area contributed by atoms with Crippen LogP contribution in [-0.2, 0) is 9.84 Å². The van der Waals surface area contributed by atoms with Crippen LogP contribution in [-0.4, -0.2) is 24.6 Å². The van der Waals surface area contributed by atoms with Crippen molar-refractivity contribution in [2.24, 2.45) is 0 Å². The number of aromatic amines is 1. The first-order valence-corrected chi connectivity index (χ1v) is 7.89. The summed E-state index contributed by atoms with van der Waals surface area (Å²) in [5.41, 5.74) is 0.780. The molecular weight excluding hydrogens is 298 g/mol. The lowest BCUT2D eigenvalue weighted by Crippen LogP contribution is -1.97. The van der Waals surface area contributed by atoms with E-state index in [0.29, 0.717) is 5.52 Å². The molecule has 0 aliphatic rings. The van der Waals surface area contributed by atoms with E-state index in [1.54, 1.807) is 12.1 Å². The molecule has 3 aromatic rings. The van der Waals surface area contributed by atoms with Gasteiger partial charge in [0.2, 0.25) is 0 Å². The van der Waals surface area contributed by atoms with Crippen LogP contribution in [0.15, 0.2) is 41.3 Å². The second kappa shape index (κ2) is 4.63. The lowest BCUT2D eigenvalue weighted by atomic mass is 10.2. The van der Waals surface area contributed by atoms with Crippen molar-refractivity contribution in [3.63, 3.8) is 0 Å². The second-order valence-corrected chi connectivity index (χ2v) is 6.62. The predicted octanol–water partition coefficient (Wildman–Crippen LogP) is 2.91. The summed E-state index contributed by atoms with van der Waals surface area (Å²) in [5.74, 6) is -1.31. The minimum atomic E-state index is -3.45. The summed E-state index contributed by atoms with van der Waals surface area (Å²) in [4.78, 5) is 7.05. The molecule has 0 amide bonds. The third-order valence-corrected chi connectivity index (χ3v) is 4.19. The number of halogens is 2. The maximum absolute atomic E-state index is 13.8. The van der Waals surface area contributed by atoms with Gasteiger partial charge in [-0.2, -0.15) is 0 Å². The van der Waals surface area contributed by atoms with Gasteiger partial charge in [0.05, 0.1) is 16.0 Å². The fourth-order valence-corrected chi connectivity index (χ4v) is 2.95. The molecule has 0 radical (unpaired) electrons. The van der Waals surface area contributed by atoms with Crippen LogP contribution in [0.5, 0.6) is 0 Å². The largest absolute Gasteiger partial charge is 0.338 e. The van der Waals surface area contributed by atoms with Crippen molar-refractivity contribution in [2.45, 2.75) is 4.90 Å². The minimum absolute atomic E-state index is 0.0602. The molecule has 2 aromatic carbocycles. The maximum Gasteiger partial charge on any atom is 0.177 e. The van der Waals surface area contributed by atoms with Crippen LogP contribution in [0.1, 0.15) is 0 Å². The highest BCUT2D eigenvalue weighted by atomic mass is 32.2. The van der Waals surface area contributed by atoms with Gasteiger partial charge in [-0.1, -0.05) is 6.07 Å². The van der Waals surface area contributed by atoms with E-state index in [4.69, 9.17) is 0 Å². The second-order valence-electron chi connectivity index (χ2n) is 4.63. The van der Waals surface area contributed by atoms with Crippen LogP contribution in [0.25, 0.3) is 22.4 Å². The summed E-state index contributed by atoms with van der Waals surface area (Å²) in [5, 5.41) is 0. The van der Waals surface area contributed by atoms with Crippen LogP contribution < -0.4 is 0 Å². The molecule has 4 nitrogen and oxygen atoms in total. The molecule has 0 fully saturated rings. The number of fused-ring (bicyclic) bond motifs is 1. The van der Waals surface area contributed by atoms with E-state index in [-0.39, 0.29) is 21.8 Å². The van der Waals surface area contributed by atoms with Gasteiger partial charge in [-0.05, 0) is 24.3 Å². The van der Waals surface area contributed by atoms with Crippen molar-refractivity contribution in [3.8, 4) is 11.4 Å². The van der Waals surface area contributed by atoms with E-state index in [1.807, 2.05) is 0 Å². The van der Waals surface area contributed by atoms with Crippen molar-refractivity contribution in [3.05, 3.63) is 48.0 Å². The monoisotopic (exact) mass is 308 g/mol. The molecule has 108 valence electrons. The molecular formula is C14H10F2N2O2S. The van der Waals surface area contributed by atoms with Crippen LogP contribution in [0.2, 0.25) is 0 Å². The van der Waals surface area contributed by atoms with Gasteiger partial charge in [-0.3, -0.25) is 0 Å². The standard InChI is InChI=1S/C14H10F2N2O2S/c1-21(19,20)12-4-2-3-11-13(12)18-14(17-11)9-6-5-8(15)7-10(9)16/h2-7H,1H3,(H,17,18). The van der Waals surface area contributed by atoms with Crippen LogP contribution in [0.3, 0.4) is 0 Å². The van der Waals surface area contributed by atoms with Crippen molar-refractivity contribution in [1.29, 1.82) is 0 Å². The highest BCUT2D eigenvalue weighted by Gasteiger charge is 2.17. The van der Waals surface area contributed by atoms with Gasteiger partial charge < -0.3 is 4.98 Å². The molecule has 0 spiro atoms. The number of benzene rings is 2. The normalized spacial score (nSPS) is 12.0.